The largest absolute Gasteiger partial charge is 0.454 e. The summed E-state index contributed by atoms with van der Waals surface area (Å²) in [5.74, 6) is -0.918. The fraction of sp³-hybridized carbons (Fsp3) is 0.471. The lowest BCUT2D eigenvalue weighted by molar-refractivity contribution is -0.137. The van der Waals surface area contributed by atoms with E-state index in [4.69, 9.17) is 16.2 Å². The zero-order valence-electron chi connectivity index (χ0n) is 15.4. The van der Waals surface area contributed by atoms with Crippen LogP contribution in [0.2, 0.25) is 0 Å². The quantitative estimate of drug-likeness (QED) is 0.367. The average Bonchev–Trinajstić information content (AvgIpc) is 3.18. The summed E-state index contributed by atoms with van der Waals surface area (Å²) >= 11 is 0. The van der Waals surface area contributed by atoms with Crippen molar-refractivity contribution >= 4 is 17.9 Å². The van der Waals surface area contributed by atoms with Crippen molar-refractivity contribution in [3.8, 4) is 0 Å². The number of aliphatic hydroxyl groups excluding tert-OH is 2. The molecule has 162 valence electrons. The minimum Gasteiger partial charge on any atom is -0.454 e. The second-order valence-electron chi connectivity index (χ2n) is 7.22. The summed E-state index contributed by atoms with van der Waals surface area (Å²) in [5.41, 5.74) is 9.38. The summed E-state index contributed by atoms with van der Waals surface area (Å²) in [6, 6.07) is 1.96. The molecule has 3 aliphatic heterocycles. The highest BCUT2D eigenvalue weighted by atomic mass is 19.4. The van der Waals surface area contributed by atoms with Gasteiger partial charge in [0.15, 0.2) is 17.6 Å². The first-order chi connectivity index (χ1) is 14.1. The first-order valence-electron chi connectivity index (χ1n) is 8.97. The molecule has 4 rings (SSSR count). The predicted octanol–water partition coefficient (Wildman–Crippen LogP) is -1.42. The molecule has 13 heteroatoms. The topological polar surface area (TPSA) is 159 Å². The van der Waals surface area contributed by atoms with Crippen LogP contribution in [0.15, 0.2) is 34.3 Å². The monoisotopic (exact) mass is 428 g/mol. The molecule has 3 aliphatic rings. The van der Waals surface area contributed by atoms with E-state index in [1.807, 2.05) is 0 Å². The van der Waals surface area contributed by atoms with Crippen LogP contribution < -0.4 is 16.8 Å². The van der Waals surface area contributed by atoms with Gasteiger partial charge in [-0.3, -0.25) is 0 Å². The van der Waals surface area contributed by atoms with E-state index in [0.29, 0.717) is 0 Å². The molecule has 1 aromatic carbocycles. The second kappa shape index (κ2) is 6.74. The van der Waals surface area contributed by atoms with Gasteiger partial charge in [-0.1, -0.05) is 0 Å². The number of carbonyl (C=O) groups is 1. The Bertz CT molecular complexity index is 921. The highest BCUT2D eigenvalue weighted by Crippen LogP contribution is 2.40. The number of ether oxygens (including phenoxy) is 1. The molecular weight excluding hydrogens is 409 g/mol. The molecule has 10 nitrogen and oxygen atoms in total. The van der Waals surface area contributed by atoms with Gasteiger partial charge in [-0.25, -0.2) is 14.8 Å². The van der Waals surface area contributed by atoms with Crippen molar-refractivity contribution < 1.29 is 32.9 Å². The van der Waals surface area contributed by atoms with Crippen molar-refractivity contribution in [3.05, 3.63) is 35.4 Å². The molecule has 1 aromatic rings. The lowest BCUT2D eigenvalue weighted by atomic mass is 9.88. The number of esters is 1. The third-order valence-electron chi connectivity index (χ3n) is 5.50. The third-order valence-corrected chi connectivity index (χ3v) is 5.50. The minimum absolute atomic E-state index is 0.00196. The number of halogens is 3. The van der Waals surface area contributed by atoms with E-state index < -0.39 is 54.3 Å². The molecule has 1 fully saturated rings. The highest BCUT2D eigenvalue weighted by molar-refractivity contribution is 5.90. The standard InChI is InChI=1S/C17H19F3N6O4/c18-17(19,20)8-3-1-7(2-4-8)13(29)30-10-5-26-15(22)23-9(6-27)11-16(26,12(10)28)25-14(21)24-11/h1-4,9-12,27-28H,5-6H2,(H2,22,23)(H3,21,24,25)/t9?,10-,11?,12-,16?/m0/s1. The molecule has 0 saturated carbocycles. The van der Waals surface area contributed by atoms with Crippen molar-refractivity contribution in [2.24, 2.45) is 21.5 Å². The number of benzene rings is 1. The van der Waals surface area contributed by atoms with E-state index in [9.17, 15) is 28.2 Å². The lowest BCUT2D eigenvalue weighted by Crippen LogP contribution is -2.72. The van der Waals surface area contributed by atoms with Crippen molar-refractivity contribution in [2.75, 3.05) is 13.2 Å². The van der Waals surface area contributed by atoms with Gasteiger partial charge in [0.1, 0.15) is 24.3 Å². The number of hydrogen-bond donors (Lipinski definition) is 5. The predicted molar refractivity (Wildman–Crippen MR) is 97.1 cm³/mol. The van der Waals surface area contributed by atoms with Crippen LogP contribution in [0.4, 0.5) is 13.2 Å². The number of nitrogens with zero attached hydrogens (tertiary/aromatic N) is 3. The lowest BCUT2D eigenvalue weighted by Gasteiger charge is -2.45. The van der Waals surface area contributed by atoms with E-state index in [1.165, 1.54) is 4.90 Å². The summed E-state index contributed by atoms with van der Waals surface area (Å²) in [6.07, 6.45) is -7.01. The summed E-state index contributed by atoms with van der Waals surface area (Å²) < 4.78 is 43.5. The van der Waals surface area contributed by atoms with Crippen LogP contribution in [-0.2, 0) is 10.9 Å². The maximum absolute atomic E-state index is 12.7. The summed E-state index contributed by atoms with van der Waals surface area (Å²) in [6.45, 7) is -0.463. The molecule has 3 unspecified atom stereocenters. The molecule has 7 N–H and O–H groups in total. The zero-order chi connectivity index (χ0) is 21.8. The fourth-order valence-corrected chi connectivity index (χ4v) is 4.13. The van der Waals surface area contributed by atoms with Gasteiger partial charge in [0.05, 0.1) is 24.3 Å². The van der Waals surface area contributed by atoms with Crippen LogP contribution in [0.5, 0.6) is 0 Å². The Balaban J connectivity index is 1.56. The van der Waals surface area contributed by atoms with Gasteiger partial charge in [0.2, 0.25) is 0 Å². The Hall–Kier alpha value is -3.06. The van der Waals surface area contributed by atoms with Crippen molar-refractivity contribution in [1.82, 2.24) is 10.2 Å². The highest BCUT2D eigenvalue weighted by Gasteiger charge is 2.66. The number of hydrogen-bond acceptors (Lipinski definition) is 10. The SMILES string of the molecule is NC1=NC2C(CO)N=C(N)N3C[C@H](OC(=O)c4ccc(C(F)(F)F)cc4)[C@H](O)C23N1. The van der Waals surface area contributed by atoms with Gasteiger partial charge >= 0.3 is 12.1 Å². The number of rotatable bonds is 3. The summed E-state index contributed by atoms with van der Waals surface area (Å²) in [5, 5.41) is 23.5. The molecule has 1 saturated heterocycles. The van der Waals surface area contributed by atoms with Crippen LogP contribution in [0.1, 0.15) is 15.9 Å². The third kappa shape index (κ3) is 2.92. The van der Waals surface area contributed by atoms with Gasteiger partial charge in [-0.15, -0.1) is 0 Å². The molecule has 1 spiro atoms. The maximum Gasteiger partial charge on any atom is 0.416 e. The maximum atomic E-state index is 12.7. The van der Waals surface area contributed by atoms with E-state index in [-0.39, 0.29) is 24.0 Å². The molecule has 3 heterocycles. The first-order valence-corrected chi connectivity index (χ1v) is 8.97. The molecule has 0 radical (unpaired) electrons. The Labute approximate surface area is 168 Å². The molecule has 0 aromatic heterocycles. The van der Waals surface area contributed by atoms with Gasteiger partial charge in [0.25, 0.3) is 0 Å². The smallest absolute Gasteiger partial charge is 0.416 e. The van der Waals surface area contributed by atoms with Crippen LogP contribution in [-0.4, -0.2) is 76.1 Å². The Kier molecular flexibility index (Phi) is 4.54. The van der Waals surface area contributed by atoms with Crippen LogP contribution >= 0.6 is 0 Å². The van der Waals surface area contributed by atoms with E-state index in [1.54, 1.807) is 0 Å². The number of alkyl halides is 3. The van der Waals surface area contributed by atoms with Crippen molar-refractivity contribution in [1.29, 1.82) is 0 Å². The Morgan fingerprint density at radius 1 is 1.30 bits per heavy atom. The number of nitrogens with two attached hydrogens (primary N) is 2. The van der Waals surface area contributed by atoms with Crippen LogP contribution in [0.3, 0.4) is 0 Å². The summed E-state index contributed by atoms with van der Waals surface area (Å²) in [7, 11) is 0. The summed E-state index contributed by atoms with van der Waals surface area (Å²) in [4.78, 5) is 22.3. The molecule has 0 aliphatic carbocycles. The Morgan fingerprint density at radius 2 is 1.97 bits per heavy atom. The van der Waals surface area contributed by atoms with E-state index in [2.05, 4.69) is 15.3 Å². The fourth-order valence-electron chi connectivity index (χ4n) is 4.13. The number of aliphatic imine (C=N–C) groups is 2. The van der Waals surface area contributed by atoms with E-state index in [0.717, 1.165) is 24.3 Å². The molecular formula is C17H19F3N6O4. The van der Waals surface area contributed by atoms with Gasteiger partial charge in [-0.2, -0.15) is 13.2 Å². The minimum atomic E-state index is -4.53. The molecule has 0 bridgehead atoms. The second-order valence-corrected chi connectivity index (χ2v) is 7.22. The normalized spacial score (nSPS) is 32.6. The number of nitrogens with one attached hydrogen (secondary N) is 1. The van der Waals surface area contributed by atoms with Gasteiger partial charge in [0, 0.05) is 0 Å². The van der Waals surface area contributed by atoms with Crippen LogP contribution in [0, 0.1) is 0 Å². The Morgan fingerprint density at radius 3 is 2.57 bits per heavy atom. The zero-order valence-corrected chi connectivity index (χ0v) is 15.4. The number of guanidine groups is 2. The molecule has 30 heavy (non-hydrogen) atoms. The first kappa shape index (κ1) is 20.2. The molecule has 0 amide bonds. The van der Waals surface area contributed by atoms with Gasteiger partial charge < -0.3 is 36.6 Å². The van der Waals surface area contributed by atoms with Crippen molar-refractivity contribution in [3.63, 3.8) is 0 Å². The van der Waals surface area contributed by atoms with Crippen molar-refractivity contribution in [2.45, 2.75) is 36.1 Å². The average molecular weight is 428 g/mol. The number of aliphatic hydroxyl groups is 2. The van der Waals surface area contributed by atoms with Crippen LogP contribution in [0.25, 0.3) is 0 Å². The number of carbonyl (C=O) groups excluding carboxylic acids is 1. The molecule has 5 atom stereocenters. The van der Waals surface area contributed by atoms with Gasteiger partial charge in [-0.05, 0) is 24.3 Å². The van der Waals surface area contributed by atoms with E-state index >= 15 is 0 Å².